The van der Waals surface area contributed by atoms with E-state index in [1.807, 2.05) is 32.5 Å². The summed E-state index contributed by atoms with van der Waals surface area (Å²) in [6.45, 7) is 14.2. The molecule has 0 aromatic heterocycles. The highest BCUT2D eigenvalue weighted by Crippen LogP contribution is 2.29. The normalized spacial score (nSPS) is 19.2. The van der Waals surface area contributed by atoms with Crippen molar-refractivity contribution in [2.45, 2.75) is 39.4 Å². The van der Waals surface area contributed by atoms with Gasteiger partial charge in [0.05, 0.1) is 12.3 Å². The molecule has 0 aromatic rings. The maximum atomic E-state index is 12.2. The van der Waals surface area contributed by atoms with Crippen LogP contribution in [0.1, 0.15) is 34.6 Å². The summed E-state index contributed by atoms with van der Waals surface area (Å²) in [5.74, 6) is 1.96. The summed E-state index contributed by atoms with van der Waals surface area (Å²) in [4.78, 5) is 6.80. The zero-order valence-corrected chi connectivity index (χ0v) is 16.8. The van der Waals surface area contributed by atoms with Gasteiger partial charge in [-0.2, -0.15) is 11.8 Å². The van der Waals surface area contributed by atoms with Crippen molar-refractivity contribution in [2.24, 2.45) is 4.99 Å². The minimum Gasteiger partial charge on any atom is -0.357 e. The fraction of sp³-hybridized carbons (Fsp3) is 0.933. The van der Waals surface area contributed by atoms with E-state index in [0.29, 0.717) is 19.6 Å². The Hall–Kier alpha value is -0.470. The van der Waals surface area contributed by atoms with Crippen LogP contribution in [0, 0.1) is 0 Å². The number of hydrogen-bond acceptors (Lipinski definition) is 4. The summed E-state index contributed by atoms with van der Waals surface area (Å²) in [5, 5.41) is 3.29. The minimum atomic E-state index is -3.21. The van der Waals surface area contributed by atoms with Gasteiger partial charge in [-0.25, -0.2) is 12.7 Å². The van der Waals surface area contributed by atoms with Gasteiger partial charge in [-0.15, -0.1) is 0 Å². The Labute approximate surface area is 146 Å². The van der Waals surface area contributed by atoms with Crippen molar-refractivity contribution in [1.29, 1.82) is 0 Å². The number of sulfonamides is 1. The van der Waals surface area contributed by atoms with E-state index in [-0.39, 0.29) is 10.5 Å². The van der Waals surface area contributed by atoms with Gasteiger partial charge in [0.1, 0.15) is 0 Å². The lowest BCUT2D eigenvalue weighted by Gasteiger charge is -2.39. The summed E-state index contributed by atoms with van der Waals surface area (Å²) < 4.78 is 26.2. The van der Waals surface area contributed by atoms with Crippen LogP contribution >= 0.6 is 11.8 Å². The predicted octanol–water partition coefficient (Wildman–Crippen LogP) is 1.45. The first kappa shape index (κ1) is 20.6. The Balaban J connectivity index is 2.72. The average Bonchev–Trinajstić information content (AvgIpc) is 2.46. The number of aliphatic imine (C=N–C) groups is 1. The second-order valence-electron chi connectivity index (χ2n) is 6.17. The Kier molecular flexibility index (Phi) is 8.17. The van der Waals surface area contributed by atoms with Crippen LogP contribution in [0.15, 0.2) is 4.99 Å². The maximum absolute atomic E-state index is 12.2. The van der Waals surface area contributed by atoms with E-state index in [0.717, 1.165) is 31.3 Å². The highest BCUT2D eigenvalue weighted by molar-refractivity contribution is 8.00. The van der Waals surface area contributed by atoms with Crippen molar-refractivity contribution >= 4 is 27.7 Å². The predicted molar refractivity (Wildman–Crippen MR) is 101 cm³/mol. The summed E-state index contributed by atoms with van der Waals surface area (Å²) in [6, 6.07) is 0. The molecule has 1 heterocycles. The van der Waals surface area contributed by atoms with Gasteiger partial charge in [-0.1, -0.05) is 13.8 Å². The molecule has 1 saturated heterocycles. The molecule has 0 saturated carbocycles. The Morgan fingerprint density at radius 2 is 1.96 bits per heavy atom. The molecule has 1 rings (SSSR count). The van der Waals surface area contributed by atoms with E-state index < -0.39 is 10.0 Å². The highest BCUT2D eigenvalue weighted by Gasteiger charge is 2.28. The molecular weight excluding hydrogens is 332 g/mol. The first-order chi connectivity index (χ1) is 10.8. The number of nitrogens with zero attached hydrogens (tertiary/aromatic N) is 3. The molecule has 23 heavy (non-hydrogen) atoms. The van der Waals surface area contributed by atoms with Crippen LogP contribution in [-0.4, -0.2) is 79.1 Å². The number of guanidine groups is 1. The van der Waals surface area contributed by atoms with Gasteiger partial charge in [-0.05, 0) is 20.8 Å². The Bertz CT molecular complexity index is 488. The lowest BCUT2D eigenvalue weighted by atomic mass is 10.2. The fourth-order valence-corrected chi connectivity index (χ4v) is 5.11. The molecule has 136 valence electrons. The zero-order chi connectivity index (χ0) is 17.5. The summed E-state index contributed by atoms with van der Waals surface area (Å²) in [5.41, 5.74) is 0. The monoisotopic (exact) mass is 364 g/mol. The molecule has 0 aliphatic carbocycles. The molecule has 1 N–H and O–H groups in total. The van der Waals surface area contributed by atoms with Crippen molar-refractivity contribution < 1.29 is 8.42 Å². The standard InChI is InChI=1S/C15H32N4O2S2/c1-6-16-14(18-10-11-22-15(4,5)13-18)17-9-12-23(20,21)19(7-2)8-3/h6-13H2,1-5H3,(H,16,17). The number of hydrogen-bond donors (Lipinski definition) is 1. The van der Waals surface area contributed by atoms with E-state index in [1.54, 1.807) is 0 Å². The third kappa shape index (κ3) is 6.51. The van der Waals surface area contributed by atoms with Crippen LogP contribution in [0.25, 0.3) is 0 Å². The van der Waals surface area contributed by atoms with Crippen molar-refractivity contribution in [3.63, 3.8) is 0 Å². The van der Waals surface area contributed by atoms with Crippen LogP contribution in [0.3, 0.4) is 0 Å². The van der Waals surface area contributed by atoms with Gasteiger partial charge >= 0.3 is 0 Å². The molecule has 0 radical (unpaired) electrons. The van der Waals surface area contributed by atoms with Gasteiger partial charge in [-0.3, -0.25) is 4.99 Å². The molecule has 0 amide bonds. The molecular formula is C15H32N4O2S2. The van der Waals surface area contributed by atoms with Crippen LogP contribution < -0.4 is 5.32 Å². The second kappa shape index (κ2) is 9.13. The number of nitrogens with one attached hydrogen (secondary N) is 1. The average molecular weight is 365 g/mol. The first-order valence-electron chi connectivity index (χ1n) is 8.40. The van der Waals surface area contributed by atoms with Crippen molar-refractivity contribution in [3.8, 4) is 0 Å². The molecule has 6 nitrogen and oxygen atoms in total. The molecule has 0 atom stereocenters. The largest absolute Gasteiger partial charge is 0.357 e. The molecule has 1 aliphatic rings. The van der Waals surface area contributed by atoms with Crippen molar-refractivity contribution in [3.05, 3.63) is 0 Å². The zero-order valence-electron chi connectivity index (χ0n) is 15.1. The van der Waals surface area contributed by atoms with Crippen LogP contribution in [0.5, 0.6) is 0 Å². The minimum absolute atomic E-state index is 0.0650. The van der Waals surface area contributed by atoms with Gasteiger partial charge in [0.15, 0.2) is 5.96 Å². The van der Waals surface area contributed by atoms with E-state index in [9.17, 15) is 8.42 Å². The summed E-state index contributed by atoms with van der Waals surface area (Å²) in [7, 11) is -3.21. The molecule has 0 bridgehead atoms. The van der Waals surface area contributed by atoms with Gasteiger partial charge < -0.3 is 10.2 Å². The van der Waals surface area contributed by atoms with E-state index in [4.69, 9.17) is 0 Å². The molecule has 0 unspecified atom stereocenters. The molecule has 8 heteroatoms. The lowest BCUT2D eigenvalue weighted by molar-refractivity contribution is 0.376. The lowest BCUT2D eigenvalue weighted by Crippen LogP contribution is -2.51. The van der Waals surface area contributed by atoms with Crippen molar-refractivity contribution in [2.75, 3.05) is 50.8 Å². The number of thioether (sulfide) groups is 1. The first-order valence-corrected chi connectivity index (χ1v) is 11.0. The van der Waals surface area contributed by atoms with Gasteiger partial charge in [0.25, 0.3) is 0 Å². The summed E-state index contributed by atoms with van der Waals surface area (Å²) >= 11 is 1.97. The highest BCUT2D eigenvalue weighted by atomic mass is 32.2. The number of rotatable bonds is 7. The molecule has 1 aliphatic heterocycles. The quantitative estimate of drug-likeness (QED) is 0.547. The molecule has 0 spiro atoms. The molecule has 0 aromatic carbocycles. The topological polar surface area (TPSA) is 65.0 Å². The van der Waals surface area contributed by atoms with E-state index in [2.05, 4.69) is 29.1 Å². The van der Waals surface area contributed by atoms with Crippen LogP contribution in [-0.2, 0) is 10.0 Å². The third-order valence-corrected chi connectivity index (χ3v) is 7.07. The van der Waals surface area contributed by atoms with Crippen LogP contribution in [0.4, 0.5) is 0 Å². The smallest absolute Gasteiger partial charge is 0.215 e. The van der Waals surface area contributed by atoms with Gasteiger partial charge in [0.2, 0.25) is 10.0 Å². The maximum Gasteiger partial charge on any atom is 0.215 e. The summed E-state index contributed by atoms with van der Waals surface area (Å²) in [6.07, 6.45) is 0. The SMILES string of the molecule is CCNC(=NCCS(=O)(=O)N(CC)CC)N1CCSC(C)(C)C1. The molecule has 1 fully saturated rings. The second-order valence-corrected chi connectivity index (χ2v) is 10.1. The van der Waals surface area contributed by atoms with Crippen molar-refractivity contribution in [1.82, 2.24) is 14.5 Å². The Morgan fingerprint density at radius 1 is 1.30 bits per heavy atom. The Morgan fingerprint density at radius 3 is 2.48 bits per heavy atom. The van der Waals surface area contributed by atoms with Crippen LogP contribution in [0.2, 0.25) is 0 Å². The third-order valence-electron chi connectivity index (χ3n) is 3.77. The van der Waals surface area contributed by atoms with Gasteiger partial charge in [0, 0.05) is 43.2 Å². The fourth-order valence-electron chi connectivity index (χ4n) is 2.64. The van der Waals surface area contributed by atoms with E-state index in [1.165, 1.54) is 4.31 Å². The van der Waals surface area contributed by atoms with E-state index >= 15 is 0 Å².